The summed E-state index contributed by atoms with van der Waals surface area (Å²) in [7, 11) is 0. The van der Waals surface area contributed by atoms with Crippen molar-refractivity contribution in [3.05, 3.63) is 77.0 Å². The number of carbonyl (C=O) groups excluding carboxylic acids is 1. The highest BCUT2D eigenvalue weighted by Crippen LogP contribution is 2.23. The molecular formula is C18H15ClN2O2. The van der Waals surface area contributed by atoms with Crippen molar-refractivity contribution in [2.24, 2.45) is 0 Å². The third kappa shape index (κ3) is 3.43. The van der Waals surface area contributed by atoms with E-state index in [1.54, 1.807) is 12.1 Å². The summed E-state index contributed by atoms with van der Waals surface area (Å²) in [5.74, 6) is -0.229. The first-order valence-electron chi connectivity index (χ1n) is 7.21. The summed E-state index contributed by atoms with van der Waals surface area (Å²) in [5.41, 5.74) is 2.76. The lowest BCUT2D eigenvalue weighted by atomic mass is 10.1. The van der Waals surface area contributed by atoms with Crippen molar-refractivity contribution in [3.8, 4) is 11.3 Å². The minimum atomic E-state index is -0.229. The van der Waals surface area contributed by atoms with Gasteiger partial charge in [-0.2, -0.15) is 0 Å². The summed E-state index contributed by atoms with van der Waals surface area (Å²) in [6, 6.07) is 16.7. The molecule has 1 aromatic heterocycles. The molecule has 3 aromatic rings. The number of nitrogens with zero attached hydrogens (tertiary/aromatic N) is 1. The third-order valence-electron chi connectivity index (χ3n) is 3.58. The molecule has 0 aliphatic heterocycles. The molecule has 0 radical (unpaired) electrons. The first-order chi connectivity index (χ1) is 11.1. The van der Waals surface area contributed by atoms with E-state index < -0.39 is 0 Å². The maximum absolute atomic E-state index is 12.5. The number of benzene rings is 2. The van der Waals surface area contributed by atoms with E-state index in [1.807, 2.05) is 49.4 Å². The molecule has 3 rings (SSSR count). The van der Waals surface area contributed by atoms with E-state index >= 15 is 0 Å². The third-order valence-corrected chi connectivity index (χ3v) is 3.83. The Hall–Kier alpha value is -2.59. The average molecular weight is 327 g/mol. The number of carbonyl (C=O) groups is 1. The molecule has 4 nitrogen and oxygen atoms in total. The predicted molar refractivity (Wildman–Crippen MR) is 89.3 cm³/mol. The van der Waals surface area contributed by atoms with Gasteiger partial charge in [-0.25, -0.2) is 0 Å². The second-order valence-electron chi connectivity index (χ2n) is 5.19. The highest BCUT2D eigenvalue weighted by Gasteiger charge is 2.19. The number of hydrogen-bond acceptors (Lipinski definition) is 3. The Morgan fingerprint density at radius 3 is 2.52 bits per heavy atom. The summed E-state index contributed by atoms with van der Waals surface area (Å²) in [5, 5.41) is 7.56. The summed E-state index contributed by atoms with van der Waals surface area (Å²) in [6.07, 6.45) is 1.37. The quantitative estimate of drug-likeness (QED) is 0.768. The normalized spacial score (nSPS) is 11.9. The van der Waals surface area contributed by atoms with E-state index in [4.69, 9.17) is 16.1 Å². The van der Waals surface area contributed by atoms with E-state index in [2.05, 4.69) is 10.5 Å². The molecule has 5 heteroatoms. The van der Waals surface area contributed by atoms with Crippen LogP contribution in [-0.2, 0) is 0 Å². The van der Waals surface area contributed by atoms with E-state index in [0.29, 0.717) is 16.3 Å². The number of nitrogens with one attached hydrogen (secondary N) is 1. The van der Waals surface area contributed by atoms with Gasteiger partial charge in [-0.05, 0) is 24.6 Å². The Morgan fingerprint density at radius 1 is 1.13 bits per heavy atom. The lowest BCUT2D eigenvalue weighted by Gasteiger charge is -2.14. The zero-order chi connectivity index (χ0) is 16.2. The van der Waals surface area contributed by atoms with Crippen molar-refractivity contribution >= 4 is 17.5 Å². The second-order valence-corrected chi connectivity index (χ2v) is 5.63. The number of aromatic nitrogens is 1. The molecular weight excluding hydrogens is 312 g/mol. The molecule has 0 aliphatic rings. The van der Waals surface area contributed by atoms with E-state index in [9.17, 15) is 4.79 Å². The van der Waals surface area contributed by atoms with Crippen LogP contribution in [0.4, 0.5) is 0 Å². The van der Waals surface area contributed by atoms with Crippen molar-refractivity contribution in [1.29, 1.82) is 0 Å². The predicted octanol–water partition coefficient (Wildman–Crippen LogP) is 4.49. The van der Waals surface area contributed by atoms with Gasteiger partial charge in [0.1, 0.15) is 17.5 Å². The van der Waals surface area contributed by atoms with Gasteiger partial charge in [-0.1, -0.05) is 59.2 Å². The number of rotatable bonds is 4. The van der Waals surface area contributed by atoms with Crippen LogP contribution in [0.5, 0.6) is 0 Å². The Kier molecular flexibility index (Phi) is 4.44. The van der Waals surface area contributed by atoms with Gasteiger partial charge in [0.25, 0.3) is 5.91 Å². The molecule has 0 saturated carbocycles. The van der Waals surface area contributed by atoms with Crippen molar-refractivity contribution < 1.29 is 9.32 Å². The molecule has 2 aromatic carbocycles. The van der Waals surface area contributed by atoms with E-state index in [0.717, 1.165) is 11.1 Å². The van der Waals surface area contributed by atoms with Crippen LogP contribution in [0.2, 0.25) is 5.02 Å². The molecule has 1 atom stereocenters. The zero-order valence-corrected chi connectivity index (χ0v) is 13.2. The minimum Gasteiger partial charge on any atom is -0.363 e. The molecule has 0 saturated heterocycles. The van der Waals surface area contributed by atoms with Crippen LogP contribution < -0.4 is 5.32 Å². The topological polar surface area (TPSA) is 55.1 Å². The highest BCUT2D eigenvalue weighted by molar-refractivity contribution is 6.30. The Bertz CT molecular complexity index is 797. The summed E-state index contributed by atoms with van der Waals surface area (Å²) in [4.78, 5) is 12.5. The molecule has 1 amide bonds. The van der Waals surface area contributed by atoms with Gasteiger partial charge in [-0.15, -0.1) is 0 Å². The first-order valence-corrected chi connectivity index (χ1v) is 7.59. The van der Waals surface area contributed by atoms with Gasteiger partial charge in [0.05, 0.1) is 6.04 Å². The Labute approximate surface area is 139 Å². The van der Waals surface area contributed by atoms with Crippen LogP contribution in [0.1, 0.15) is 28.9 Å². The van der Waals surface area contributed by atoms with Crippen molar-refractivity contribution in [1.82, 2.24) is 10.5 Å². The smallest absolute Gasteiger partial charge is 0.257 e. The molecule has 1 N–H and O–H groups in total. The fraction of sp³-hybridized carbons (Fsp3) is 0.111. The monoisotopic (exact) mass is 326 g/mol. The van der Waals surface area contributed by atoms with Gasteiger partial charge in [0.15, 0.2) is 0 Å². The molecule has 23 heavy (non-hydrogen) atoms. The molecule has 0 spiro atoms. The Balaban J connectivity index is 1.79. The van der Waals surface area contributed by atoms with Crippen LogP contribution >= 0.6 is 11.6 Å². The van der Waals surface area contributed by atoms with Gasteiger partial charge in [0, 0.05) is 10.6 Å². The first kappa shape index (κ1) is 15.3. The fourth-order valence-corrected chi connectivity index (χ4v) is 2.44. The van der Waals surface area contributed by atoms with Gasteiger partial charge < -0.3 is 9.84 Å². The SMILES string of the molecule is C[C@@H](NC(=O)c1conc1-c1ccccc1)c1ccc(Cl)cc1. The maximum atomic E-state index is 12.5. The molecule has 0 aliphatic carbocycles. The van der Waals surface area contributed by atoms with Crippen molar-refractivity contribution in [3.63, 3.8) is 0 Å². The largest absolute Gasteiger partial charge is 0.363 e. The van der Waals surface area contributed by atoms with Gasteiger partial charge in [-0.3, -0.25) is 4.79 Å². The van der Waals surface area contributed by atoms with Crippen LogP contribution in [-0.4, -0.2) is 11.1 Å². The zero-order valence-electron chi connectivity index (χ0n) is 12.5. The fourth-order valence-electron chi connectivity index (χ4n) is 2.31. The molecule has 1 heterocycles. The maximum Gasteiger partial charge on any atom is 0.257 e. The van der Waals surface area contributed by atoms with E-state index in [1.165, 1.54) is 6.26 Å². The second kappa shape index (κ2) is 6.67. The van der Waals surface area contributed by atoms with Crippen LogP contribution in [0.3, 0.4) is 0 Å². The number of hydrogen-bond donors (Lipinski definition) is 1. The Morgan fingerprint density at radius 2 is 1.83 bits per heavy atom. The molecule has 116 valence electrons. The summed E-state index contributed by atoms with van der Waals surface area (Å²) in [6.45, 7) is 1.91. The van der Waals surface area contributed by atoms with Gasteiger partial charge >= 0.3 is 0 Å². The summed E-state index contributed by atoms with van der Waals surface area (Å²) >= 11 is 5.88. The molecule has 0 unspecified atom stereocenters. The summed E-state index contributed by atoms with van der Waals surface area (Å²) < 4.78 is 5.00. The number of halogens is 1. The lowest BCUT2D eigenvalue weighted by Crippen LogP contribution is -2.26. The van der Waals surface area contributed by atoms with Crippen LogP contribution in [0.25, 0.3) is 11.3 Å². The van der Waals surface area contributed by atoms with Crippen molar-refractivity contribution in [2.75, 3.05) is 0 Å². The minimum absolute atomic E-state index is 0.154. The lowest BCUT2D eigenvalue weighted by molar-refractivity contribution is 0.0940. The average Bonchev–Trinajstić information content (AvgIpc) is 3.06. The van der Waals surface area contributed by atoms with Crippen molar-refractivity contribution in [2.45, 2.75) is 13.0 Å². The number of amides is 1. The van der Waals surface area contributed by atoms with Crippen LogP contribution in [0, 0.1) is 0 Å². The van der Waals surface area contributed by atoms with E-state index in [-0.39, 0.29) is 11.9 Å². The standard InChI is InChI=1S/C18H15ClN2O2/c1-12(13-7-9-15(19)10-8-13)20-18(22)16-11-23-21-17(16)14-5-3-2-4-6-14/h2-12H,1H3,(H,20,22)/t12-/m1/s1. The van der Waals surface area contributed by atoms with Gasteiger partial charge in [0.2, 0.25) is 0 Å². The van der Waals surface area contributed by atoms with Crippen LogP contribution in [0.15, 0.2) is 65.4 Å². The molecule has 0 fully saturated rings. The highest BCUT2D eigenvalue weighted by atomic mass is 35.5. The molecule has 0 bridgehead atoms.